The highest BCUT2D eigenvalue weighted by molar-refractivity contribution is 5.18. The quantitative estimate of drug-likeness (QED) is 0.721. The Hall–Kier alpha value is -3.32. The number of nitrogens with zero attached hydrogens (tertiary/aromatic N) is 1. The van der Waals surface area contributed by atoms with Crippen molar-refractivity contribution < 1.29 is 14.3 Å². The summed E-state index contributed by atoms with van der Waals surface area (Å²) in [6.07, 6.45) is 5.60. The Bertz CT molecular complexity index is 919. The van der Waals surface area contributed by atoms with Crippen LogP contribution in [0.5, 0.6) is 11.5 Å². The minimum absolute atomic E-state index is 0.169. The molecule has 26 heavy (non-hydrogen) atoms. The average Bonchev–Trinajstić information content (AvgIpc) is 2.66. The van der Waals surface area contributed by atoms with Crippen LogP contribution in [0.2, 0.25) is 0 Å². The number of hydrogen-bond donors (Lipinski definition) is 2. The monoisotopic (exact) mass is 356 g/mol. The lowest BCUT2D eigenvalue weighted by atomic mass is 10.2. The molecule has 7 heteroatoms. The SMILES string of the molecule is NCCn1ccc(=O)c(O)c1.O=c1ccocc1OCc1ccccc1. The molecule has 0 saturated carbocycles. The number of aromatic nitrogens is 1. The molecule has 3 rings (SSSR count). The van der Waals surface area contributed by atoms with Gasteiger partial charge in [-0.3, -0.25) is 9.59 Å². The molecule has 0 aliphatic rings. The van der Waals surface area contributed by atoms with Gasteiger partial charge in [0.15, 0.2) is 5.75 Å². The van der Waals surface area contributed by atoms with E-state index >= 15 is 0 Å². The largest absolute Gasteiger partial charge is 0.503 e. The molecule has 0 amide bonds. The number of benzene rings is 1. The molecule has 2 aromatic heterocycles. The van der Waals surface area contributed by atoms with Gasteiger partial charge >= 0.3 is 0 Å². The summed E-state index contributed by atoms with van der Waals surface area (Å²) in [6.45, 7) is 1.46. The number of pyridine rings is 1. The third-order valence-corrected chi connectivity index (χ3v) is 3.30. The van der Waals surface area contributed by atoms with Gasteiger partial charge in [0.05, 0.1) is 6.26 Å². The predicted octanol–water partition coefficient (Wildman–Crippen LogP) is 1.73. The molecule has 2 heterocycles. The minimum atomic E-state index is -0.363. The standard InChI is InChI=1S/C12H10O3.C7H10N2O2/c13-11-6-7-14-9-12(11)15-8-10-4-2-1-3-5-10;8-2-4-9-3-1-6(10)7(11)5-9/h1-7,9H,8H2;1,3,5,11H,2,4,8H2. The summed E-state index contributed by atoms with van der Waals surface area (Å²) in [5.74, 6) is 0.00213. The van der Waals surface area contributed by atoms with Crippen molar-refractivity contribution in [1.82, 2.24) is 4.57 Å². The molecule has 0 radical (unpaired) electrons. The van der Waals surface area contributed by atoms with Gasteiger partial charge in [-0.05, 0) is 5.56 Å². The number of rotatable bonds is 5. The van der Waals surface area contributed by atoms with Crippen molar-refractivity contribution in [3.63, 3.8) is 0 Å². The van der Waals surface area contributed by atoms with Gasteiger partial charge in [-0.2, -0.15) is 0 Å². The fourth-order valence-corrected chi connectivity index (χ4v) is 1.98. The Morgan fingerprint density at radius 3 is 2.50 bits per heavy atom. The summed E-state index contributed by atoms with van der Waals surface area (Å²) in [4.78, 5) is 21.9. The number of nitrogens with two attached hydrogens (primary N) is 1. The smallest absolute Gasteiger partial charge is 0.226 e. The number of ether oxygens (including phenoxy) is 1. The Labute approximate surface area is 149 Å². The van der Waals surface area contributed by atoms with Gasteiger partial charge in [0.25, 0.3) is 0 Å². The lowest BCUT2D eigenvalue weighted by molar-refractivity contribution is 0.292. The van der Waals surface area contributed by atoms with Crippen molar-refractivity contribution in [3.05, 3.63) is 93.4 Å². The highest BCUT2D eigenvalue weighted by atomic mass is 16.5. The van der Waals surface area contributed by atoms with Crippen molar-refractivity contribution in [1.29, 1.82) is 0 Å². The van der Waals surface area contributed by atoms with E-state index < -0.39 is 0 Å². The van der Waals surface area contributed by atoms with E-state index in [0.29, 0.717) is 19.7 Å². The van der Waals surface area contributed by atoms with E-state index in [9.17, 15) is 9.59 Å². The first-order valence-corrected chi connectivity index (χ1v) is 7.92. The van der Waals surface area contributed by atoms with Crippen LogP contribution >= 0.6 is 0 Å². The first-order chi connectivity index (χ1) is 12.6. The molecular weight excluding hydrogens is 336 g/mol. The summed E-state index contributed by atoms with van der Waals surface area (Å²) < 4.78 is 11.8. The lowest BCUT2D eigenvalue weighted by Crippen LogP contribution is -2.11. The first-order valence-electron chi connectivity index (χ1n) is 7.92. The zero-order valence-corrected chi connectivity index (χ0v) is 14.1. The summed E-state index contributed by atoms with van der Waals surface area (Å²) in [6, 6.07) is 12.3. The van der Waals surface area contributed by atoms with Crippen LogP contribution in [0, 0.1) is 0 Å². The maximum atomic E-state index is 11.3. The van der Waals surface area contributed by atoms with E-state index in [2.05, 4.69) is 0 Å². The molecule has 0 spiro atoms. The molecular formula is C19H20N2O5. The number of hydrogen-bond acceptors (Lipinski definition) is 6. The highest BCUT2D eigenvalue weighted by Gasteiger charge is 2.00. The van der Waals surface area contributed by atoms with Crippen LogP contribution in [0.15, 0.2) is 81.4 Å². The third kappa shape index (κ3) is 5.95. The van der Waals surface area contributed by atoms with Gasteiger partial charge < -0.3 is 24.6 Å². The summed E-state index contributed by atoms with van der Waals surface area (Å²) >= 11 is 0. The predicted molar refractivity (Wildman–Crippen MR) is 97.2 cm³/mol. The van der Waals surface area contributed by atoms with E-state index in [0.717, 1.165) is 5.56 Å². The van der Waals surface area contributed by atoms with Gasteiger partial charge in [0, 0.05) is 37.6 Å². The molecule has 0 aliphatic heterocycles. The summed E-state index contributed by atoms with van der Waals surface area (Å²) in [5, 5.41) is 8.95. The van der Waals surface area contributed by atoms with Crippen molar-refractivity contribution in [2.45, 2.75) is 13.2 Å². The van der Waals surface area contributed by atoms with E-state index in [1.54, 1.807) is 10.8 Å². The normalized spacial score (nSPS) is 9.88. The van der Waals surface area contributed by atoms with Crippen LogP contribution in [0.1, 0.15) is 5.56 Å². The number of aromatic hydroxyl groups is 1. The molecule has 3 aromatic rings. The van der Waals surface area contributed by atoms with Gasteiger partial charge in [-0.15, -0.1) is 0 Å². The second kappa shape index (κ2) is 9.85. The molecule has 0 atom stereocenters. The van der Waals surface area contributed by atoms with Crippen LogP contribution in [0.25, 0.3) is 0 Å². The third-order valence-electron chi connectivity index (χ3n) is 3.30. The fraction of sp³-hybridized carbons (Fsp3) is 0.158. The minimum Gasteiger partial charge on any atom is -0.503 e. The molecule has 0 aliphatic carbocycles. The second-order valence-electron chi connectivity index (χ2n) is 5.28. The Morgan fingerprint density at radius 2 is 1.85 bits per heavy atom. The van der Waals surface area contributed by atoms with Crippen molar-refractivity contribution in [2.75, 3.05) is 6.54 Å². The second-order valence-corrected chi connectivity index (χ2v) is 5.28. The first kappa shape index (κ1) is 19.0. The summed E-state index contributed by atoms with van der Waals surface area (Å²) in [7, 11) is 0. The van der Waals surface area contributed by atoms with E-state index in [1.165, 1.54) is 30.9 Å². The van der Waals surface area contributed by atoms with Crippen LogP contribution in [-0.4, -0.2) is 16.2 Å². The Morgan fingerprint density at radius 1 is 1.08 bits per heavy atom. The zero-order valence-electron chi connectivity index (χ0n) is 14.1. The van der Waals surface area contributed by atoms with E-state index in [-0.39, 0.29) is 22.4 Å². The molecule has 0 unspecified atom stereocenters. The molecule has 0 saturated heterocycles. The maximum Gasteiger partial charge on any atom is 0.226 e. The molecule has 7 nitrogen and oxygen atoms in total. The van der Waals surface area contributed by atoms with Crippen LogP contribution in [-0.2, 0) is 13.2 Å². The topological polar surface area (TPSA) is 108 Å². The van der Waals surface area contributed by atoms with E-state index in [1.807, 2.05) is 30.3 Å². The molecule has 0 bridgehead atoms. The van der Waals surface area contributed by atoms with Gasteiger partial charge in [0.1, 0.15) is 12.9 Å². The average molecular weight is 356 g/mol. The van der Waals surface area contributed by atoms with Crippen molar-refractivity contribution in [3.8, 4) is 11.5 Å². The lowest BCUT2D eigenvalue weighted by Gasteiger charge is -2.03. The van der Waals surface area contributed by atoms with Crippen LogP contribution in [0.4, 0.5) is 0 Å². The molecule has 3 N–H and O–H groups in total. The molecule has 1 aromatic carbocycles. The van der Waals surface area contributed by atoms with Gasteiger partial charge in [-0.1, -0.05) is 30.3 Å². The van der Waals surface area contributed by atoms with Gasteiger partial charge in [-0.25, -0.2) is 0 Å². The fourth-order valence-electron chi connectivity index (χ4n) is 1.98. The Kier molecular flexibility index (Phi) is 7.20. The van der Waals surface area contributed by atoms with Gasteiger partial charge in [0.2, 0.25) is 16.6 Å². The van der Waals surface area contributed by atoms with Crippen LogP contribution < -0.4 is 21.3 Å². The molecule has 136 valence electrons. The molecule has 0 fully saturated rings. The maximum absolute atomic E-state index is 11.3. The summed E-state index contributed by atoms with van der Waals surface area (Å²) in [5.41, 5.74) is 5.75. The van der Waals surface area contributed by atoms with E-state index in [4.69, 9.17) is 20.0 Å². The van der Waals surface area contributed by atoms with Crippen LogP contribution in [0.3, 0.4) is 0 Å². The highest BCUT2D eigenvalue weighted by Crippen LogP contribution is 2.06. The van der Waals surface area contributed by atoms with Crippen molar-refractivity contribution in [2.24, 2.45) is 5.73 Å². The zero-order chi connectivity index (χ0) is 18.8. The van der Waals surface area contributed by atoms with Crippen molar-refractivity contribution >= 4 is 0 Å². The Balaban J connectivity index is 0.000000197.